The van der Waals surface area contributed by atoms with Crippen LogP contribution in [0.3, 0.4) is 0 Å². The van der Waals surface area contributed by atoms with Gasteiger partial charge in [0.05, 0.1) is 24.0 Å². The monoisotopic (exact) mass is 286 g/mol. The molecule has 0 saturated heterocycles. The molecule has 7 heteroatoms. The second-order valence-corrected chi connectivity index (χ2v) is 3.72. The molecule has 0 aliphatic carbocycles. The van der Waals surface area contributed by atoms with Crippen molar-refractivity contribution in [2.24, 2.45) is 5.92 Å². The molecule has 0 heterocycles. The first-order valence-corrected chi connectivity index (χ1v) is 6.21. The van der Waals surface area contributed by atoms with E-state index in [-0.39, 0.29) is 17.9 Å². The number of nitro groups is 1. The third-order valence-electron chi connectivity index (χ3n) is 2.36. The first-order valence-electron chi connectivity index (χ1n) is 6.21. The Bertz CT molecular complexity index is 466. The fourth-order valence-electron chi connectivity index (χ4n) is 1.35. The van der Waals surface area contributed by atoms with Gasteiger partial charge in [-0.3, -0.25) is 14.9 Å². The van der Waals surface area contributed by atoms with E-state index in [9.17, 15) is 19.3 Å². The van der Waals surface area contributed by atoms with Gasteiger partial charge in [0.1, 0.15) is 11.5 Å². The summed E-state index contributed by atoms with van der Waals surface area (Å²) in [6.07, 6.45) is 0. The average molecular weight is 286 g/mol. The van der Waals surface area contributed by atoms with Gasteiger partial charge in [-0.2, -0.15) is 0 Å². The fraction of sp³-hybridized carbons (Fsp3) is 0.462. The van der Waals surface area contributed by atoms with Crippen LogP contribution in [0.1, 0.15) is 20.8 Å². The van der Waals surface area contributed by atoms with Crippen molar-refractivity contribution in [1.29, 1.82) is 0 Å². The summed E-state index contributed by atoms with van der Waals surface area (Å²) in [4.78, 5) is 21.2. The van der Waals surface area contributed by atoms with Gasteiger partial charge in [-0.25, -0.2) is 4.39 Å². The Balaban J connectivity index is 0.00000172. The Morgan fingerprint density at radius 2 is 2.10 bits per heavy atom. The largest absolute Gasteiger partial charge is 0.469 e. The van der Waals surface area contributed by atoms with Gasteiger partial charge in [0.25, 0.3) is 5.69 Å². The van der Waals surface area contributed by atoms with Crippen molar-refractivity contribution in [2.45, 2.75) is 20.8 Å². The molecule has 0 saturated carbocycles. The fourth-order valence-corrected chi connectivity index (χ4v) is 1.35. The van der Waals surface area contributed by atoms with Crippen LogP contribution in [-0.2, 0) is 9.53 Å². The maximum absolute atomic E-state index is 12.9. The highest BCUT2D eigenvalue weighted by atomic mass is 19.1. The molecule has 6 nitrogen and oxygen atoms in total. The van der Waals surface area contributed by atoms with E-state index in [1.165, 1.54) is 13.2 Å². The molecule has 1 aromatic carbocycles. The minimum absolute atomic E-state index is 0.164. The van der Waals surface area contributed by atoms with E-state index >= 15 is 0 Å². The highest BCUT2D eigenvalue weighted by molar-refractivity contribution is 5.73. The third kappa shape index (κ3) is 5.21. The first-order chi connectivity index (χ1) is 9.45. The number of hydrogen-bond donors (Lipinski definition) is 1. The molecule has 1 atom stereocenters. The van der Waals surface area contributed by atoms with Crippen LogP contribution in [0.25, 0.3) is 0 Å². The Morgan fingerprint density at radius 3 is 2.60 bits per heavy atom. The second kappa shape index (κ2) is 8.84. The number of halogens is 1. The lowest BCUT2D eigenvalue weighted by molar-refractivity contribution is -0.384. The lowest BCUT2D eigenvalue weighted by Crippen LogP contribution is -2.21. The van der Waals surface area contributed by atoms with Crippen molar-refractivity contribution in [3.05, 3.63) is 34.1 Å². The zero-order valence-corrected chi connectivity index (χ0v) is 12.0. The summed E-state index contributed by atoms with van der Waals surface area (Å²) >= 11 is 0. The first kappa shape index (κ1) is 17.8. The molecule has 112 valence electrons. The van der Waals surface area contributed by atoms with Crippen molar-refractivity contribution in [3.8, 4) is 0 Å². The molecule has 0 aromatic heterocycles. The van der Waals surface area contributed by atoms with Gasteiger partial charge in [0.15, 0.2) is 0 Å². The van der Waals surface area contributed by atoms with E-state index in [2.05, 4.69) is 10.1 Å². The number of esters is 1. The smallest absolute Gasteiger partial charge is 0.310 e. The van der Waals surface area contributed by atoms with E-state index in [1.54, 1.807) is 6.92 Å². The SMILES string of the molecule is CC.COC(=O)C(C)CNc1ccc(F)cc1[N+](=O)[O-]. The van der Waals surface area contributed by atoms with Crippen LogP contribution < -0.4 is 5.32 Å². The predicted octanol–water partition coefficient (Wildman–Crippen LogP) is 2.98. The lowest BCUT2D eigenvalue weighted by Gasteiger charge is -2.11. The number of benzene rings is 1. The number of carbonyl (C=O) groups excluding carboxylic acids is 1. The summed E-state index contributed by atoms with van der Waals surface area (Å²) in [6.45, 7) is 5.79. The molecule has 1 unspecified atom stereocenters. The van der Waals surface area contributed by atoms with E-state index in [4.69, 9.17) is 0 Å². The summed E-state index contributed by atoms with van der Waals surface area (Å²) < 4.78 is 17.4. The van der Waals surface area contributed by atoms with Crippen molar-refractivity contribution in [1.82, 2.24) is 0 Å². The Hall–Kier alpha value is -2.18. The van der Waals surface area contributed by atoms with Crippen LogP contribution in [0.2, 0.25) is 0 Å². The molecule has 0 aliphatic heterocycles. The zero-order valence-electron chi connectivity index (χ0n) is 12.0. The van der Waals surface area contributed by atoms with E-state index in [0.717, 1.165) is 12.1 Å². The molecule has 0 bridgehead atoms. The lowest BCUT2D eigenvalue weighted by atomic mass is 10.1. The highest BCUT2D eigenvalue weighted by Gasteiger charge is 2.17. The number of carbonyl (C=O) groups is 1. The normalized spacial score (nSPS) is 10.8. The number of anilines is 1. The molecule has 0 spiro atoms. The summed E-state index contributed by atoms with van der Waals surface area (Å²) in [5.74, 6) is -1.57. The number of rotatable bonds is 5. The van der Waals surface area contributed by atoms with Crippen LogP contribution in [0, 0.1) is 21.8 Å². The maximum atomic E-state index is 12.9. The topological polar surface area (TPSA) is 81.5 Å². The van der Waals surface area contributed by atoms with E-state index < -0.39 is 22.6 Å². The van der Waals surface area contributed by atoms with Crippen LogP contribution >= 0.6 is 0 Å². The van der Waals surface area contributed by atoms with Crippen molar-refractivity contribution >= 4 is 17.3 Å². The Labute approximate surface area is 117 Å². The maximum Gasteiger partial charge on any atom is 0.310 e. The molecule has 1 N–H and O–H groups in total. The number of nitrogens with one attached hydrogen (secondary N) is 1. The summed E-state index contributed by atoms with van der Waals surface area (Å²) in [5, 5.41) is 13.4. The van der Waals surface area contributed by atoms with Crippen molar-refractivity contribution in [2.75, 3.05) is 19.0 Å². The minimum Gasteiger partial charge on any atom is -0.469 e. The van der Waals surface area contributed by atoms with Gasteiger partial charge in [0.2, 0.25) is 0 Å². The van der Waals surface area contributed by atoms with E-state index in [1.807, 2.05) is 13.8 Å². The number of ether oxygens (including phenoxy) is 1. The second-order valence-electron chi connectivity index (χ2n) is 3.72. The minimum atomic E-state index is -0.687. The molecule has 1 aromatic rings. The molecular weight excluding hydrogens is 267 g/mol. The zero-order chi connectivity index (χ0) is 15.7. The molecular formula is C13H19FN2O4. The van der Waals surface area contributed by atoms with Crippen molar-refractivity contribution < 1.29 is 18.8 Å². The van der Waals surface area contributed by atoms with Gasteiger partial charge >= 0.3 is 5.97 Å². The molecule has 1 rings (SSSR count). The van der Waals surface area contributed by atoms with Crippen LogP contribution in [-0.4, -0.2) is 24.5 Å². The standard InChI is InChI=1S/C11H13FN2O4.C2H6/c1-7(11(15)18-2)6-13-9-4-3-8(12)5-10(9)14(16)17;1-2/h3-5,7,13H,6H2,1-2H3;1-2H3. The van der Waals surface area contributed by atoms with E-state index in [0.29, 0.717) is 0 Å². The van der Waals surface area contributed by atoms with Crippen molar-refractivity contribution in [3.63, 3.8) is 0 Å². The van der Waals surface area contributed by atoms with Crippen LogP contribution in [0.5, 0.6) is 0 Å². The summed E-state index contributed by atoms with van der Waals surface area (Å²) in [6, 6.07) is 3.20. The van der Waals surface area contributed by atoms with Crippen LogP contribution in [0.4, 0.5) is 15.8 Å². The number of nitrogens with zero attached hydrogens (tertiary/aromatic N) is 1. The molecule has 20 heavy (non-hydrogen) atoms. The average Bonchev–Trinajstić information content (AvgIpc) is 2.46. The molecule has 0 radical (unpaired) electrons. The van der Waals surface area contributed by atoms with Gasteiger partial charge in [-0.1, -0.05) is 20.8 Å². The third-order valence-corrected chi connectivity index (χ3v) is 2.36. The Kier molecular flexibility index (Phi) is 7.88. The van der Waals surface area contributed by atoms with Gasteiger partial charge in [-0.15, -0.1) is 0 Å². The highest BCUT2D eigenvalue weighted by Crippen LogP contribution is 2.25. The van der Waals surface area contributed by atoms with Gasteiger partial charge in [-0.05, 0) is 12.1 Å². The number of methoxy groups -OCH3 is 1. The van der Waals surface area contributed by atoms with Crippen LogP contribution in [0.15, 0.2) is 18.2 Å². The molecule has 0 amide bonds. The number of hydrogen-bond acceptors (Lipinski definition) is 5. The number of nitro benzene ring substituents is 1. The Morgan fingerprint density at radius 1 is 1.50 bits per heavy atom. The van der Waals surface area contributed by atoms with Gasteiger partial charge in [0, 0.05) is 6.54 Å². The summed E-state index contributed by atoms with van der Waals surface area (Å²) in [7, 11) is 1.26. The molecule has 0 fully saturated rings. The quantitative estimate of drug-likeness (QED) is 0.511. The summed E-state index contributed by atoms with van der Waals surface area (Å²) in [5.41, 5.74) is -0.204. The predicted molar refractivity (Wildman–Crippen MR) is 74.1 cm³/mol. The molecule has 0 aliphatic rings. The van der Waals surface area contributed by atoms with Gasteiger partial charge < -0.3 is 10.1 Å².